The van der Waals surface area contributed by atoms with Crippen LogP contribution in [0.1, 0.15) is 61.6 Å². The number of likely N-dealkylation sites (tertiary alicyclic amines) is 1. The number of hydrogen-bond donors (Lipinski definition) is 1. The highest BCUT2D eigenvalue weighted by Gasteiger charge is 2.49. The first kappa shape index (κ1) is 22.4. The van der Waals surface area contributed by atoms with Gasteiger partial charge in [0.25, 0.3) is 0 Å². The number of hydrogen-bond acceptors (Lipinski definition) is 4. The Balaban J connectivity index is 1.79. The highest BCUT2D eigenvalue weighted by atomic mass is 32.1. The van der Waals surface area contributed by atoms with Crippen LogP contribution < -0.4 is 0 Å². The second-order valence-corrected chi connectivity index (χ2v) is 11.1. The Morgan fingerprint density at radius 3 is 2.44 bits per heavy atom. The second kappa shape index (κ2) is 7.96. The smallest absolute Gasteiger partial charge is 0.236 e. The molecule has 1 N–H and O–H groups in total. The topological polar surface area (TPSA) is 57.1 Å². The maximum atomic E-state index is 13.5. The monoisotopic (exact) mass is 445 g/mol. The standard InChI is InChI=1S/C27H31N3OS/c1-17-11-19(15-29-14-17)20-12-22(32-16-20)27(5)13-23(28)30(6)25(31)24(27)18-7-9-21(10-8-18)26(2,3)4/h7-12,14-16,24,28H,13H2,1-6H3/t24?,27-/m1/s1. The number of amides is 1. The van der Waals surface area contributed by atoms with E-state index in [-0.39, 0.29) is 17.2 Å². The fraction of sp³-hybridized carbons (Fsp3) is 0.370. The Bertz CT molecular complexity index is 1170. The first-order chi connectivity index (χ1) is 15.0. The minimum atomic E-state index is -0.482. The van der Waals surface area contributed by atoms with Crippen LogP contribution in [0.5, 0.6) is 0 Å². The molecule has 0 saturated carbocycles. The van der Waals surface area contributed by atoms with E-state index in [1.54, 1.807) is 18.4 Å². The van der Waals surface area contributed by atoms with Gasteiger partial charge in [-0.2, -0.15) is 0 Å². The summed E-state index contributed by atoms with van der Waals surface area (Å²) in [6.45, 7) is 10.8. The van der Waals surface area contributed by atoms with Gasteiger partial charge in [-0.05, 0) is 52.1 Å². The number of benzene rings is 1. The van der Waals surface area contributed by atoms with Gasteiger partial charge in [0.2, 0.25) is 5.91 Å². The van der Waals surface area contributed by atoms with E-state index in [0.29, 0.717) is 12.3 Å². The Hall–Kier alpha value is -2.79. The number of thiophene rings is 1. The van der Waals surface area contributed by atoms with E-state index in [1.165, 1.54) is 10.5 Å². The maximum absolute atomic E-state index is 13.5. The third-order valence-electron chi connectivity index (χ3n) is 6.63. The molecule has 4 rings (SSSR count). The molecule has 0 radical (unpaired) electrons. The molecule has 0 spiro atoms. The number of nitrogens with zero attached hydrogens (tertiary/aromatic N) is 2. The lowest BCUT2D eigenvalue weighted by molar-refractivity contribution is -0.131. The molecule has 0 bridgehead atoms. The molecule has 0 aliphatic carbocycles. The number of carbonyl (C=O) groups is 1. The predicted octanol–water partition coefficient (Wildman–Crippen LogP) is 6.30. The maximum Gasteiger partial charge on any atom is 0.236 e. The van der Waals surface area contributed by atoms with Gasteiger partial charge in [-0.1, -0.05) is 52.0 Å². The van der Waals surface area contributed by atoms with Gasteiger partial charge in [0.05, 0.1) is 5.92 Å². The summed E-state index contributed by atoms with van der Waals surface area (Å²) >= 11 is 1.67. The third kappa shape index (κ3) is 3.90. The Labute approximate surface area is 194 Å². The zero-order valence-electron chi connectivity index (χ0n) is 19.7. The molecule has 32 heavy (non-hydrogen) atoms. The van der Waals surface area contributed by atoms with Crippen molar-refractivity contribution in [2.45, 2.75) is 57.8 Å². The fourth-order valence-corrected chi connectivity index (χ4v) is 5.70. The van der Waals surface area contributed by atoms with Gasteiger partial charge in [-0.3, -0.25) is 15.2 Å². The van der Waals surface area contributed by atoms with Crippen LogP contribution in [0.2, 0.25) is 0 Å². The van der Waals surface area contributed by atoms with E-state index in [1.807, 2.05) is 19.3 Å². The molecule has 2 atom stereocenters. The van der Waals surface area contributed by atoms with Crippen LogP contribution >= 0.6 is 11.3 Å². The number of likely N-dealkylation sites (N-methyl/N-ethyl adjacent to an activating group) is 1. The number of amidine groups is 1. The van der Waals surface area contributed by atoms with Crippen molar-refractivity contribution < 1.29 is 4.79 Å². The Morgan fingerprint density at radius 2 is 1.81 bits per heavy atom. The summed E-state index contributed by atoms with van der Waals surface area (Å²) in [6.07, 6.45) is 4.25. The van der Waals surface area contributed by atoms with E-state index >= 15 is 0 Å². The first-order valence-corrected chi connectivity index (χ1v) is 11.8. The van der Waals surface area contributed by atoms with E-state index < -0.39 is 5.41 Å². The molecule has 5 heteroatoms. The summed E-state index contributed by atoms with van der Waals surface area (Å²) < 4.78 is 0. The molecule has 4 nitrogen and oxygen atoms in total. The fourth-order valence-electron chi connectivity index (χ4n) is 4.58. The molecule has 1 aromatic carbocycles. The van der Waals surface area contributed by atoms with Gasteiger partial charge in [-0.25, -0.2) is 0 Å². The molecule has 1 unspecified atom stereocenters. The average Bonchev–Trinajstić information content (AvgIpc) is 3.23. The number of carbonyl (C=O) groups excluding carboxylic acids is 1. The molecule has 2 aromatic heterocycles. The number of nitrogens with one attached hydrogen (secondary N) is 1. The summed E-state index contributed by atoms with van der Waals surface area (Å²) in [5, 5.41) is 10.6. The minimum absolute atomic E-state index is 0.0144. The van der Waals surface area contributed by atoms with Gasteiger partial charge in [0.15, 0.2) is 0 Å². The normalized spacial score (nSPS) is 21.8. The number of aryl methyl sites for hydroxylation is 1. The molecular weight excluding hydrogens is 414 g/mol. The van der Waals surface area contributed by atoms with Crippen molar-refractivity contribution >= 4 is 23.1 Å². The van der Waals surface area contributed by atoms with Crippen LogP contribution in [-0.4, -0.2) is 28.7 Å². The molecule has 3 aromatic rings. The molecule has 166 valence electrons. The lowest BCUT2D eigenvalue weighted by atomic mass is 9.66. The third-order valence-corrected chi connectivity index (χ3v) is 7.84. The molecule has 1 aliphatic heterocycles. The molecule has 1 aliphatic rings. The van der Waals surface area contributed by atoms with Crippen molar-refractivity contribution in [2.24, 2.45) is 0 Å². The Kier molecular flexibility index (Phi) is 5.58. The second-order valence-electron chi connectivity index (χ2n) is 10.2. The zero-order chi connectivity index (χ0) is 23.3. The van der Waals surface area contributed by atoms with Crippen molar-refractivity contribution in [3.8, 4) is 11.1 Å². The van der Waals surface area contributed by atoms with Gasteiger partial charge >= 0.3 is 0 Å². The molecule has 1 fully saturated rings. The number of pyridine rings is 1. The summed E-state index contributed by atoms with van der Waals surface area (Å²) in [6, 6.07) is 12.8. The summed E-state index contributed by atoms with van der Waals surface area (Å²) in [7, 11) is 1.72. The van der Waals surface area contributed by atoms with Crippen LogP contribution in [0.25, 0.3) is 11.1 Å². The molecule has 3 heterocycles. The van der Waals surface area contributed by atoms with Crippen LogP contribution in [0.3, 0.4) is 0 Å². The van der Waals surface area contributed by atoms with Crippen LogP contribution in [0.15, 0.2) is 54.2 Å². The lowest BCUT2D eigenvalue weighted by Gasteiger charge is -2.44. The lowest BCUT2D eigenvalue weighted by Crippen LogP contribution is -2.51. The SMILES string of the molecule is Cc1cncc(-c2csc([C@@]3(C)CC(=N)N(C)C(=O)C3c3ccc(C(C)(C)C)cc3)c2)c1. The molecule has 1 amide bonds. The van der Waals surface area contributed by atoms with Crippen LogP contribution in [-0.2, 0) is 15.6 Å². The number of aromatic nitrogens is 1. The van der Waals surface area contributed by atoms with E-state index in [9.17, 15) is 4.79 Å². The van der Waals surface area contributed by atoms with E-state index in [4.69, 9.17) is 5.41 Å². The van der Waals surface area contributed by atoms with Crippen LogP contribution in [0, 0.1) is 12.3 Å². The highest BCUT2D eigenvalue weighted by molar-refractivity contribution is 7.10. The first-order valence-electron chi connectivity index (χ1n) is 11.0. The molecular formula is C27H31N3OS. The van der Waals surface area contributed by atoms with Gasteiger partial charge in [0.1, 0.15) is 5.84 Å². The van der Waals surface area contributed by atoms with Crippen molar-refractivity contribution in [3.05, 3.63) is 75.7 Å². The minimum Gasteiger partial charge on any atom is -0.303 e. The van der Waals surface area contributed by atoms with Crippen molar-refractivity contribution in [3.63, 3.8) is 0 Å². The van der Waals surface area contributed by atoms with Gasteiger partial charge < -0.3 is 4.90 Å². The van der Waals surface area contributed by atoms with E-state index in [0.717, 1.165) is 27.1 Å². The summed E-state index contributed by atoms with van der Waals surface area (Å²) in [5.41, 5.74) is 5.15. The Morgan fingerprint density at radius 1 is 1.12 bits per heavy atom. The number of piperidine rings is 1. The largest absolute Gasteiger partial charge is 0.303 e. The van der Waals surface area contributed by atoms with Crippen molar-refractivity contribution in [1.29, 1.82) is 5.41 Å². The van der Waals surface area contributed by atoms with Crippen LogP contribution in [0.4, 0.5) is 0 Å². The summed E-state index contributed by atoms with van der Waals surface area (Å²) in [5.74, 6) is 0.0180. The van der Waals surface area contributed by atoms with Gasteiger partial charge in [0, 0.05) is 41.7 Å². The van der Waals surface area contributed by atoms with Crippen molar-refractivity contribution in [1.82, 2.24) is 9.88 Å². The summed E-state index contributed by atoms with van der Waals surface area (Å²) in [4.78, 5) is 20.5. The van der Waals surface area contributed by atoms with Gasteiger partial charge in [-0.15, -0.1) is 11.3 Å². The quantitative estimate of drug-likeness (QED) is 0.514. The highest BCUT2D eigenvalue weighted by Crippen LogP contribution is 2.49. The predicted molar refractivity (Wildman–Crippen MR) is 133 cm³/mol. The van der Waals surface area contributed by atoms with Crippen molar-refractivity contribution in [2.75, 3.05) is 7.05 Å². The zero-order valence-corrected chi connectivity index (χ0v) is 20.5. The van der Waals surface area contributed by atoms with E-state index in [2.05, 4.69) is 74.5 Å². The average molecular weight is 446 g/mol. The molecule has 1 saturated heterocycles. The number of rotatable bonds is 3.